The lowest BCUT2D eigenvalue weighted by Crippen LogP contribution is -3.16. The zero-order valence-corrected chi connectivity index (χ0v) is 16.9. The van der Waals surface area contributed by atoms with Crippen molar-refractivity contribution in [1.29, 1.82) is 0 Å². The summed E-state index contributed by atoms with van der Waals surface area (Å²) in [5, 5.41) is 12.5. The van der Waals surface area contributed by atoms with E-state index in [2.05, 4.69) is 48.3 Å². The van der Waals surface area contributed by atoms with Gasteiger partial charge in [-0.3, -0.25) is 4.79 Å². The summed E-state index contributed by atoms with van der Waals surface area (Å²) in [5.74, 6) is 0.971. The molecule has 1 aliphatic heterocycles. The molecule has 5 heteroatoms. The number of anilines is 1. The molecule has 1 heterocycles. The first-order chi connectivity index (χ1) is 13.5. The first-order valence-electron chi connectivity index (χ1n) is 10.2. The number of rotatable bonds is 7. The summed E-state index contributed by atoms with van der Waals surface area (Å²) in [4.78, 5) is 15.9. The average Bonchev–Trinajstić information content (AvgIpc) is 2.70. The fourth-order valence-electron chi connectivity index (χ4n) is 3.63. The van der Waals surface area contributed by atoms with Gasteiger partial charge in [0, 0.05) is 12.2 Å². The minimum absolute atomic E-state index is 0.131. The zero-order valence-electron chi connectivity index (χ0n) is 16.9. The van der Waals surface area contributed by atoms with Crippen LogP contribution in [0.25, 0.3) is 0 Å². The molecule has 1 fully saturated rings. The Morgan fingerprint density at radius 1 is 1.07 bits per heavy atom. The number of piperazine rings is 1. The lowest BCUT2D eigenvalue weighted by Gasteiger charge is -2.33. The number of benzene rings is 2. The van der Waals surface area contributed by atoms with Gasteiger partial charge in [-0.25, -0.2) is 0 Å². The largest absolute Gasteiger partial charge is 0.508 e. The van der Waals surface area contributed by atoms with Crippen LogP contribution in [0.15, 0.2) is 48.5 Å². The van der Waals surface area contributed by atoms with E-state index < -0.39 is 0 Å². The molecule has 0 radical (unpaired) electrons. The number of nitrogens with one attached hydrogen (secondary N) is 2. The highest BCUT2D eigenvalue weighted by Crippen LogP contribution is 2.18. The van der Waals surface area contributed by atoms with E-state index in [1.54, 1.807) is 12.1 Å². The van der Waals surface area contributed by atoms with Gasteiger partial charge in [-0.05, 0) is 47.7 Å². The zero-order chi connectivity index (χ0) is 19.9. The molecule has 0 atom stereocenters. The van der Waals surface area contributed by atoms with Gasteiger partial charge in [-0.15, -0.1) is 0 Å². The number of carbonyl (C=O) groups is 1. The molecule has 0 unspecified atom stereocenters. The molecule has 1 aliphatic rings. The third kappa shape index (κ3) is 5.73. The van der Waals surface area contributed by atoms with E-state index in [1.165, 1.54) is 16.0 Å². The van der Waals surface area contributed by atoms with Crippen molar-refractivity contribution in [3.63, 3.8) is 0 Å². The number of nitrogens with zero attached hydrogens (tertiary/aromatic N) is 1. The van der Waals surface area contributed by atoms with Gasteiger partial charge in [0.15, 0.2) is 6.54 Å². The third-order valence-corrected chi connectivity index (χ3v) is 5.48. The number of quaternary nitrogens is 1. The normalized spacial score (nSPS) is 15.0. The molecule has 28 heavy (non-hydrogen) atoms. The summed E-state index contributed by atoms with van der Waals surface area (Å²) < 4.78 is 0. The number of aromatic hydroxyl groups is 1. The summed E-state index contributed by atoms with van der Waals surface area (Å²) >= 11 is 0. The summed E-state index contributed by atoms with van der Waals surface area (Å²) in [6.45, 7) is 9.37. The molecule has 0 spiro atoms. The van der Waals surface area contributed by atoms with E-state index in [1.807, 2.05) is 12.1 Å². The standard InChI is InChI=1S/C23H31N3O2/c1-18(2)20-5-3-19(4-6-20)11-12-24-23(28)17-25-13-15-26(16-14-25)21-7-9-22(27)10-8-21/h3-10,18,27H,11-17H2,1-2H3,(H,24,28)/p+1. The van der Waals surface area contributed by atoms with Crippen LogP contribution in [-0.2, 0) is 11.2 Å². The van der Waals surface area contributed by atoms with Crippen molar-refractivity contribution < 1.29 is 14.8 Å². The van der Waals surface area contributed by atoms with Gasteiger partial charge < -0.3 is 20.2 Å². The molecule has 3 N–H and O–H groups in total. The van der Waals surface area contributed by atoms with Crippen LogP contribution in [0.3, 0.4) is 0 Å². The summed E-state index contributed by atoms with van der Waals surface area (Å²) in [6, 6.07) is 16.0. The molecule has 5 nitrogen and oxygen atoms in total. The Kier molecular flexibility index (Phi) is 6.93. The Morgan fingerprint density at radius 3 is 2.32 bits per heavy atom. The van der Waals surface area contributed by atoms with Gasteiger partial charge in [-0.1, -0.05) is 38.1 Å². The lowest BCUT2D eigenvalue weighted by atomic mass is 10.0. The van der Waals surface area contributed by atoms with E-state index in [4.69, 9.17) is 0 Å². The molecular weight excluding hydrogens is 350 g/mol. The number of amides is 1. The molecule has 3 rings (SSSR count). The molecule has 2 aromatic rings. The Hall–Kier alpha value is -2.53. The van der Waals surface area contributed by atoms with Crippen molar-refractivity contribution in [3.8, 4) is 5.75 Å². The summed E-state index contributed by atoms with van der Waals surface area (Å²) in [5.41, 5.74) is 3.74. The van der Waals surface area contributed by atoms with Gasteiger partial charge in [0.05, 0.1) is 26.2 Å². The van der Waals surface area contributed by atoms with Crippen molar-refractivity contribution in [2.45, 2.75) is 26.2 Å². The van der Waals surface area contributed by atoms with Crippen LogP contribution in [0.1, 0.15) is 30.9 Å². The average molecular weight is 383 g/mol. The minimum atomic E-state index is 0.131. The molecule has 0 bridgehead atoms. The maximum Gasteiger partial charge on any atom is 0.275 e. The summed E-state index contributed by atoms with van der Waals surface area (Å²) in [6.07, 6.45) is 0.869. The fourth-order valence-corrected chi connectivity index (χ4v) is 3.63. The highest BCUT2D eigenvalue weighted by Gasteiger charge is 2.22. The van der Waals surface area contributed by atoms with Crippen LogP contribution in [0.2, 0.25) is 0 Å². The molecule has 2 aromatic carbocycles. The number of carbonyl (C=O) groups excluding carboxylic acids is 1. The third-order valence-electron chi connectivity index (χ3n) is 5.48. The van der Waals surface area contributed by atoms with Crippen molar-refractivity contribution in [2.24, 2.45) is 0 Å². The maximum atomic E-state index is 12.3. The van der Waals surface area contributed by atoms with Crippen LogP contribution in [0.4, 0.5) is 5.69 Å². The van der Waals surface area contributed by atoms with Gasteiger partial charge in [0.2, 0.25) is 0 Å². The van der Waals surface area contributed by atoms with E-state index in [0.29, 0.717) is 24.8 Å². The van der Waals surface area contributed by atoms with Crippen LogP contribution in [0, 0.1) is 0 Å². The molecule has 0 aromatic heterocycles. The van der Waals surface area contributed by atoms with Crippen LogP contribution >= 0.6 is 0 Å². The molecule has 0 saturated carbocycles. The van der Waals surface area contributed by atoms with Crippen LogP contribution in [0.5, 0.6) is 5.75 Å². The molecule has 1 saturated heterocycles. The quantitative estimate of drug-likeness (QED) is 0.682. The second kappa shape index (κ2) is 9.60. The smallest absolute Gasteiger partial charge is 0.275 e. The number of hydrogen-bond acceptors (Lipinski definition) is 3. The number of phenolic OH excluding ortho intramolecular Hbond substituents is 1. The second-order valence-corrected chi connectivity index (χ2v) is 7.93. The highest BCUT2D eigenvalue weighted by atomic mass is 16.3. The van der Waals surface area contributed by atoms with Gasteiger partial charge in [-0.2, -0.15) is 0 Å². The van der Waals surface area contributed by atoms with Gasteiger partial charge >= 0.3 is 0 Å². The van der Waals surface area contributed by atoms with Crippen LogP contribution < -0.4 is 15.1 Å². The van der Waals surface area contributed by atoms with Crippen molar-refractivity contribution in [3.05, 3.63) is 59.7 Å². The molecule has 0 aliphatic carbocycles. The molecular formula is C23H32N3O2+. The van der Waals surface area contributed by atoms with Crippen molar-refractivity contribution in [2.75, 3.05) is 44.2 Å². The van der Waals surface area contributed by atoms with Crippen LogP contribution in [-0.4, -0.2) is 50.3 Å². The van der Waals surface area contributed by atoms with E-state index >= 15 is 0 Å². The van der Waals surface area contributed by atoms with Crippen molar-refractivity contribution in [1.82, 2.24) is 5.32 Å². The minimum Gasteiger partial charge on any atom is -0.508 e. The first kappa shape index (κ1) is 20.2. The SMILES string of the molecule is CC(C)c1ccc(CCNC(=O)C[NH+]2CCN(c3ccc(O)cc3)CC2)cc1. The molecule has 1 amide bonds. The van der Waals surface area contributed by atoms with E-state index in [0.717, 1.165) is 38.3 Å². The van der Waals surface area contributed by atoms with E-state index in [9.17, 15) is 9.90 Å². The highest BCUT2D eigenvalue weighted by molar-refractivity contribution is 5.76. The summed E-state index contributed by atoms with van der Waals surface area (Å²) in [7, 11) is 0. The second-order valence-electron chi connectivity index (χ2n) is 7.93. The van der Waals surface area contributed by atoms with Gasteiger partial charge in [0.25, 0.3) is 5.91 Å². The monoisotopic (exact) mass is 382 g/mol. The Balaban J connectivity index is 1.36. The topological polar surface area (TPSA) is 57.0 Å². The Bertz CT molecular complexity index is 748. The predicted octanol–water partition coefficient (Wildman–Crippen LogP) is 1.58. The lowest BCUT2D eigenvalue weighted by molar-refractivity contribution is -0.892. The maximum absolute atomic E-state index is 12.3. The number of hydrogen-bond donors (Lipinski definition) is 3. The Labute approximate surface area is 168 Å². The molecule has 150 valence electrons. The first-order valence-corrected chi connectivity index (χ1v) is 10.2. The van der Waals surface area contributed by atoms with Gasteiger partial charge in [0.1, 0.15) is 5.75 Å². The predicted molar refractivity (Wildman–Crippen MR) is 113 cm³/mol. The Morgan fingerprint density at radius 2 is 1.71 bits per heavy atom. The number of phenols is 1. The fraction of sp³-hybridized carbons (Fsp3) is 0.435. The van der Waals surface area contributed by atoms with E-state index in [-0.39, 0.29) is 5.91 Å². The van der Waals surface area contributed by atoms with Crippen molar-refractivity contribution >= 4 is 11.6 Å².